The number of carbonyl (C=O) groups is 3. The van der Waals surface area contributed by atoms with Gasteiger partial charge >= 0.3 is 5.97 Å². The third-order valence-electron chi connectivity index (χ3n) is 4.05. The number of esters is 1. The highest BCUT2D eigenvalue weighted by Gasteiger charge is 2.29. The summed E-state index contributed by atoms with van der Waals surface area (Å²) in [6.07, 6.45) is -0.103. The maximum absolute atomic E-state index is 12.1. The second-order valence-corrected chi connectivity index (χ2v) is 7.33. The van der Waals surface area contributed by atoms with Crippen molar-refractivity contribution in [1.82, 2.24) is 5.32 Å². The number of rotatable bonds is 7. The van der Waals surface area contributed by atoms with Gasteiger partial charge < -0.3 is 20.1 Å². The lowest BCUT2D eigenvalue weighted by molar-refractivity contribution is -0.149. The first kappa shape index (κ1) is 19.8. The van der Waals surface area contributed by atoms with Gasteiger partial charge in [0, 0.05) is 11.4 Å². The van der Waals surface area contributed by atoms with E-state index in [1.807, 2.05) is 42.5 Å². The second kappa shape index (κ2) is 9.27. The molecule has 1 heterocycles. The number of carbonyl (C=O) groups excluding carboxylic acids is 3. The Balaban J connectivity index is 1.42. The van der Waals surface area contributed by atoms with Crippen LogP contribution in [0.2, 0.25) is 0 Å². The van der Waals surface area contributed by atoms with Crippen LogP contribution in [-0.4, -0.2) is 36.8 Å². The van der Waals surface area contributed by atoms with E-state index in [0.29, 0.717) is 12.3 Å². The molecule has 0 saturated heterocycles. The minimum Gasteiger partial charge on any atom is -0.497 e. The number of nitrogens with one attached hydrogen (secondary N) is 2. The van der Waals surface area contributed by atoms with E-state index in [0.717, 1.165) is 16.1 Å². The van der Waals surface area contributed by atoms with Gasteiger partial charge in [-0.05, 0) is 29.8 Å². The Kier molecular flexibility index (Phi) is 6.54. The molecule has 0 aliphatic carbocycles. The van der Waals surface area contributed by atoms with Crippen LogP contribution in [0.4, 0.5) is 5.69 Å². The molecule has 0 fully saturated rings. The summed E-state index contributed by atoms with van der Waals surface area (Å²) in [4.78, 5) is 36.9. The number of thioether (sulfide) groups is 1. The number of ether oxygens (including phenoxy) is 2. The van der Waals surface area contributed by atoms with Gasteiger partial charge in [0.15, 0.2) is 6.61 Å². The van der Waals surface area contributed by atoms with E-state index in [1.54, 1.807) is 13.2 Å². The van der Waals surface area contributed by atoms with Gasteiger partial charge in [-0.2, -0.15) is 0 Å². The fourth-order valence-electron chi connectivity index (χ4n) is 2.62. The molecule has 146 valence electrons. The molecule has 2 aromatic carbocycles. The van der Waals surface area contributed by atoms with Crippen molar-refractivity contribution in [1.29, 1.82) is 0 Å². The van der Waals surface area contributed by atoms with Crippen molar-refractivity contribution in [2.75, 3.05) is 19.0 Å². The maximum Gasteiger partial charge on any atom is 0.307 e. The molecule has 2 amide bonds. The fraction of sp³-hybridized carbons (Fsp3) is 0.250. The molecule has 28 heavy (non-hydrogen) atoms. The van der Waals surface area contributed by atoms with Gasteiger partial charge in [-0.3, -0.25) is 14.4 Å². The Hall–Kier alpha value is -3.00. The number of benzene rings is 2. The highest BCUT2D eigenvalue weighted by atomic mass is 32.2. The normalized spacial score (nSPS) is 15.2. The summed E-state index contributed by atoms with van der Waals surface area (Å²) in [6, 6.07) is 14.7. The zero-order chi connectivity index (χ0) is 19.9. The van der Waals surface area contributed by atoms with Crippen molar-refractivity contribution >= 4 is 35.2 Å². The molecule has 7 nitrogen and oxygen atoms in total. The molecule has 0 saturated carbocycles. The molecule has 0 bridgehead atoms. The molecule has 2 aromatic rings. The van der Waals surface area contributed by atoms with Crippen LogP contribution in [0.15, 0.2) is 53.4 Å². The summed E-state index contributed by atoms with van der Waals surface area (Å²) in [5.41, 5.74) is 1.60. The lowest BCUT2D eigenvalue weighted by Gasteiger charge is -2.23. The van der Waals surface area contributed by atoms with Crippen LogP contribution in [0.1, 0.15) is 12.0 Å². The van der Waals surface area contributed by atoms with E-state index in [-0.39, 0.29) is 12.3 Å². The lowest BCUT2D eigenvalue weighted by atomic mass is 10.2. The highest BCUT2D eigenvalue weighted by molar-refractivity contribution is 8.01. The quantitative estimate of drug-likeness (QED) is 0.693. The predicted octanol–water partition coefficient (Wildman–Crippen LogP) is 2.36. The van der Waals surface area contributed by atoms with Crippen molar-refractivity contribution in [2.45, 2.75) is 23.1 Å². The number of anilines is 1. The Morgan fingerprint density at radius 1 is 1.18 bits per heavy atom. The van der Waals surface area contributed by atoms with Crippen LogP contribution < -0.4 is 15.4 Å². The van der Waals surface area contributed by atoms with E-state index >= 15 is 0 Å². The molecule has 0 spiro atoms. The van der Waals surface area contributed by atoms with Gasteiger partial charge in [-0.1, -0.05) is 24.3 Å². The monoisotopic (exact) mass is 400 g/mol. The molecule has 0 radical (unpaired) electrons. The average Bonchev–Trinajstić information content (AvgIpc) is 2.71. The molecule has 0 unspecified atom stereocenters. The minimum absolute atomic E-state index is 0.103. The molecular formula is C20H20N2O5S. The summed E-state index contributed by atoms with van der Waals surface area (Å²) in [7, 11) is 1.57. The van der Waals surface area contributed by atoms with Gasteiger partial charge in [0.1, 0.15) is 5.75 Å². The zero-order valence-corrected chi connectivity index (χ0v) is 16.1. The summed E-state index contributed by atoms with van der Waals surface area (Å²) >= 11 is 1.31. The third-order valence-corrected chi connectivity index (χ3v) is 5.32. The number of amides is 2. The van der Waals surface area contributed by atoms with Crippen LogP contribution in [0.5, 0.6) is 5.75 Å². The van der Waals surface area contributed by atoms with Crippen LogP contribution in [0.3, 0.4) is 0 Å². The van der Waals surface area contributed by atoms with Crippen LogP contribution >= 0.6 is 11.8 Å². The van der Waals surface area contributed by atoms with Gasteiger partial charge in [0.05, 0.1) is 24.5 Å². The van der Waals surface area contributed by atoms with E-state index in [2.05, 4.69) is 10.6 Å². The summed E-state index contributed by atoms with van der Waals surface area (Å²) < 4.78 is 10.1. The fourth-order valence-corrected chi connectivity index (χ4v) is 3.71. The van der Waals surface area contributed by atoms with Crippen LogP contribution in [0, 0.1) is 0 Å². The highest BCUT2D eigenvalue weighted by Crippen LogP contribution is 2.36. The average molecular weight is 400 g/mol. The molecule has 1 aliphatic heterocycles. The van der Waals surface area contributed by atoms with Gasteiger partial charge in [-0.25, -0.2) is 0 Å². The Morgan fingerprint density at radius 3 is 2.82 bits per heavy atom. The Bertz CT molecular complexity index is 886. The van der Waals surface area contributed by atoms with Crippen molar-refractivity contribution in [2.24, 2.45) is 0 Å². The Morgan fingerprint density at radius 2 is 2.00 bits per heavy atom. The predicted molar refractivity (Wildman–Crippen MR) is 105 cm³/mol. The number of methoxy groups -OCH3 is 1. The van der Waals surface area contributed by atoms with Gasteiger partial charge in [0.2, 0.25) is 5.91 Å². The van der Waals surface area contributed by atoms with E-state index in [9.17, 15) is 14.4 Å². The summed E-state index contributed by atoms with van der Waals surface area (Å²) in [6.45, 7) is -0.0936. The number of para-hydroxylation sites is 1. The first-order valence-electron chi connectivity index (χ1n) is 8.67. The maximum atomic E-state index is 12.1. The van der Waals surface area contributed by atoms with E-state index in [4.69, 9.17) is 9.47 Å². The van der Waals surface area contributed by atoms with E-state index < -0.39 is 23.7 Å². The molecule has 1 aliphatic rings. The zero-order valence-electron chi connectivity index (χ0n) is 15.3. The summed E-state index contributed by atoms with van der Waals surface area (Å²) in [5.74, 6) is -0.558. The largest absolute Gasteiger partial charge is 0.497 e. The van der Waals surface area contributed by atoms with Crippen LogP contribution in [0.25, 0.3) is 0 Å². The Labute approximate surface area is 166 Å². The topological polar surface area (TPSA) is 93.7 Å². The van der Waals surface area contributed by atoms with Crippen molar-refractivity contribution < 1.29 is 23.9 Å². The molecule has 3 rings (SSSR count). The third kappa shape index (κ3) is 5.26. The standard InChI is InChI=1S/C20H20N2O5S/c1-26-14-6-4-5-13(9-14)11-21-18(23)12-27-19(24)10-17-20(25)22-15-7-2-3-8-16(15)28-17/h2-9,17H,10-12H2,1H3,(H,21,23)(H,22,25)/t17-/m1/s1. The summed E-state index contributed by atoms with van der Waals surface area (Å²) in [5, 5.41) is 4.86. The first-order chi connectivity index (χ1) is 13.5. The van der Waals surface area contributed by atoms with Crippen molar-refractivity contribution in [3.63, 3.8) is 0 Å². The van der Waals surface area contributed by atoms with E-state index in [1.165, 1.54) is 11.8 Å². The number of fused-ring (bicyclic) bond motifs is 1. The van der Waals surface area contributed by atoms with Gasteiger partial charge in [0.25, 0.3) is 5.91 Å². The first-order valence-corrected chi connectivity index (χ1v) is 9.55. The lowest BCUT2D eigenvalue weighted by Crippen LogP contribution is -2.33. The molecule has 1 atom stereocenters. The molecular weight excluding hydrogens is 380 g/mol. The minimum atomic E-state index is -0.594. The smallest absolute Gasteiger partial charge is 0.307 e. The van der Waals surface area contributed by atoms with Gasteiger partial charge in [-0.15, -0.1) is 11.8 Å². The number of hydrogen-bond acceptors (Lipinski definition) is 6. The van der Waals surface area contributed by atoms with Crippen LogP contribution in [-0.2, 0) is 25.7 Å². The molecule has 2 N–H and O–H groups in total. The molecule has 8 heteroatoms. The van der Waals surface area contributed by atoms with Crippen molar-refractivity contribution in [3.8, 4) is 5.75 Å². The molecule has 0 aromatic heterocycles. The number of hydrogen-bond donors (Lipinski definition) is 2. The SMILES string of the molecule is COc1cccc(CNC(=O)COC(=O)C[C@H]2Sc3ccccc3NC2=O)c1. The second-order valence-electron chi connectivity index (χ2n) is 6.08. The van der Waals surface area contributed by atoms with Crippen molar-refractivity contribution in [3.05, 3.63) is 54.1 Å².